The average molecular weight is 233 g/mol. The second-order valence-electron chi connectivity index (χ2n) is 2.63. The first-order valence-corrected chi connectivity index (χ1v) is 3.93. The maximum absolute atomic E-state index is 10.6. The predicted molar refractivity (Wildman–Crippen MR) is 46.7 cm³/mol. The Hall–Kier alpha value is -2.12. The summed E-state index contributed by atoms with van der Waals surface area (Å²) in [5.74, 6) is -2.76. The lowest BCUT2D eigenvalue weighted by molar-refractivity contribution is -0.192. The number of hydrogen-bond acceptors (Lipinski definition) is 3. The van der Waals surface area contributed by atoms with Gasteiger partial charge in [0.05, 0.1) is 18.2 Å². The lowest BCUT2D eigenvalue weighted by Crippen LogP contribution is -2.21. The topological polar surface area (TPSA) is 78.9 Å². The third-order valence-corrected chi connectivity index (χ3v) is 1.48. The van der Waals surface area contributed by atoms with Gasteiger partial charge in [-0.2, -0.15) is 13.2 Å². The van der Waals surface area contributed by atoms with E-state index in [9.17, 15) is 13.2 Å². The van der Waals surface area contributed by atoms with Gasteiger partial charge in [-0.3, -0.25) is 4.98 Å². The molecule has 0 aromatic carbocycles. The first-order chi connectivity index (χ1) is 7.41. The van der Waals surface area contributed by atoms with Crippen LogP contribution in [-0.2, 0) is 4.79 Å². The number of carboxylic acids is 1. The molecular weight excluding hydrogens is 227 g/mol. The summed E-state index contributed by atoms with van der Waals surface area (Å²) in [7, 11) is 0. The third kappa shape index (κ3) is 3.23. The van der Waals surface area contributed by atoms with Gasteiger partial charge in [0.2, 0.25) is 0 Å². The molecule has 0 spiro atoms. The number of aromatic nitrogens is 3. The van der Waals surface area contributed by atoms with Gasteiger partial charge in [0.15, 0.2) is 0 Å². The molecule has 0 atom stereocenters. The van der Waals surface area contributed by atoms with Crippen molar-refractivity contribution in [2.24, 2.45) is 0 Å². The fourth-order valence-electron chi connectivity index (χ4n) is 0.784. The highest BCUT2D eigenvalue weighted by molar-refractivity contribution is 5.73. The molecular formula is C8H6F3N3O2. The number of nitrogens with one attached hydrogen (secondary N) is 1. The van der Waals surface area contributed by atoms with Crippen molar-refractivity contribution in [3.05, 3.63) is 24.9 Å². The maximum atomic E-state index is 10.6. The quantitative estimate of drug-likeness (QED) is 0.723. The Kier molecular flexibility index (Phi) is 3.44. The molecule has 0 bridgehead atoms. The van der Waals surface area contributed by atoms with Crippen LogP contribution in [0, 0.1) is 0 Å². The van der Waals surface area contributed by atoms with Crippen molar-refractivity contribution in [2.75, 3.05) is 0 Å². The molecule has 0 fully saturated rings. The normalized spacial score (nSPS) is 10.7. The van der Waals surface area contributed by atoms with Gasteiger partial charge < -0.3 is 10.1 Å². The Morgan fingerprint density at radius 2 is 1.81 bits per heavy atom. The Bertz CT molecular complexity index is 413. The number of fused-ring (bicyclic) bond motifs is 1. The van der Waals surface area contributed by atoms with Crippen LogP contribution in [0.2, 0.25) is 0 Å². The van der Waals surface area contributed by atoms with Gasteiger partial charge in [0.25, 0.3) is 0 Å². The average Bonchev–Trinajstić information content (AvgIpc) is 2.64. The van der Waals surface area contributed by atoms with Crippen LogP contribution < -0.4 is 0 Å². The first-order valence-electron chi connectivity index (χ1n) is 3.93. The zero-order valence-electron chi connectivity index (χ0n) is 7.69. The smallest absolute Gasteiger partial charge is 0.475 e. The zero-order chi connectivity index (χ0) is 12.2. The summed E-state index contributed by atoms with van der Waals surface area (Å²) in [4.78, 5) is 19.7. The second-order valence-corrected chi connectivity index (χ2v) is 2.63. The van der Waals surface area contributed by atoms with E-state index in [4.69, 9.17) is 9.90 Å². The number of hydrogen-bond donors (Lipinski definition) is 2. The van der Waals surface area contributed by atoms with E-state index in [2.05, 4.69) is 15.0 Å². The van der Waals surface area contributed by atoms with Crippen LogP contribution in [0.25, 0.3) is 11.3 Å². The minimum Gasteiger partial charge on any atom is -0.475 e. The molecule has 16 heavy (non-hydrogen) atoms. The van der Waals surface area contributed by atoms with Gasteiger partial charge in [-0.1, -0.05) is 0 Å². The predicted octanol–water partition coefficient (Wildman–Crippen LogP) is 1.54. The van der Waals surface area contributed by atoms with E-state index in [1.807, 2.05) is 0 Å². The van der Waals surface area contributed by atoms with Crippen molar-refractivity contribution in [1.82, 2.24) is 15.0 Å². The number of carboxylic acid groups (broad SMARTS) is 1. The number of aromatic amines is 1. The lowest BCUT2D eigenvalue weighted by Gasteiger charge is -1.93. The number of carbonyl (C=O) groups is 1. The standard InChI is InChI=1S/C6H5N3.C2HF3O2/c1-5-2-8-4-9-6(5)3-7-1;3-2(4,5)1(6)7/h1-4H,(H,8,9);(H,6,7). The summed E-state index contributed by atoms with van der Waals surface area (Å²) < 4.78 is 31.7. The number of aliphatic carboxylic acids is 1. The second kappa shape index (κ2) is 4.60. The van der Waals surface area contributed by atoms with Crippen molar-refractivity contribution in [2.45, 2.75) is 6.18 Å². The third-order valence-electron chi connectivity index (χ3n) is 1.48. The number of H-pyrrole nitrogens is 1. The lowest BCUT2D eigenvalue weighted by atomic mass is 10.3. The highest BCUT2D eigenvalue weighted by Crippen LogP contribution is 2.14. The Morgan fingerprint density at radius 3 is 2.31 bits per heavy atom. The number of alkyl halides is 3. The summed E-state index contributed by atoms with van der Waals surface area (Å²) >= 11 is 0. The Balaban J connectivity index is 0.000000168. The molecule has 0 amide bonds. The number of nitrogens with zero attached hydrogens (tertiary/aromatic N) is 2. The van der Waals surface area contributed by atoms with Crippen molar-refractivity contribution in [3.8, 4) is 11.3 Å². The van der Waals surface area contributed by atoms with E-state index in [0.717, 1.165) is 11.3 Å². The fourth-order valence-corrected chi connectivity index (χ4v) is 0.784. The van der Waals surface area contributed by atoms with Gasteiger partial charge in [-0.05, 0) is 0 Å². The van der Waals surface area contributed by atoms with Gasteiger partial charge >= 0.3 is 12.1 Å². The van der Waals surface area contributed by atoms with Crippen LogP contribution in [0.4, 0.5) is 13.2 Å². The molecule has 2 N–H and O–H groups in total. The summed E-state index contributed by atoms with van der Waals surface area (Å²) in [6.45, 7) is 0. The van der Waals surface area contributed by atoms with Crippen LogP contribution in [-0.4, -0.2) is 32.2 Å². The monoisotopic (exact) mass is 233 g/mol. The Morgan fingerprint density at radius 1 is 1.25 bits per heavy atom. The molecule has 0 aromatic rings. The molecule has 0 unspecified atom stereocenters. The molecule has 0 saturated carbocycles. The first kappa shape index (κ1) is 12.0. The Labute approximate surface area is 87.3 Å². The van der Waals surface area contributed by atoms with Crippen LogP contribution >= 0.6 is 0 Å². The van der Waals surface area contributed by atoms with E-state index in [0.29, 0.717) is 0 Å². The molecule has 0 aromatic heterocycles. The fraction of sp³-hybridized carbons (Fsp3) is 0.125. The van der Waals surface area contributed by atoms with Crippen LogP contribution in [0.15, 0.2) is 24.9 Å². The molecule has 0 aliphatic carbocycles. The zero-order valence-corrected chi connectivity index (χ0v) is 7.69. The molecule has 2 rings (SSSR count). The number of halogens is 3. The molecule has 86 valence electrons. The van der Waals surface area contributed by atoms with Crippen LogP contribution in [0.1, 0.15) is 0 Å². The van der Waals surface area contributed by atoms with E-state index in [1.165, 1.54) is 0 Å². The number of rotatable bonds is 0. The minimum absolute atomic E-state index is 1.03. The minimum atomic E-state index is -5.08. The molecule has 8 heteroatoms. The molecule has 2 aliphatic rings. The van der Waals surface area contributed by atoms with E-state index in [1.54, 1.807) is 24.9 Å². The molecule has 0 saturated heterocycles. The van der Waals surface area contributed by atoms with Crippen LogP contribution in [0.5, 0.6) is 0 Å². The van der Waals surface area contributed by atoms with Gasteiger partial charge in [0, 0.05) is 18.0 Å². The maximum Gasteiger partial charge on any atom is 0.490 e. The van der Waals surface area contributed by atoms with Gasteiger partial charge in [-0.25, -0.2) is 9.78 Å². The highest BCUT2D eigenvalue weighted by atomic mass is 19.4. The van der Waals surface area contributed by atoms with E-state index in [-0.39, 0.29) is 0 Å². The van der Waals surface area contributed by atoms with Crippen molar-refractivity contribution in [3.63, 3.8) is 0 Å². The molecule has 0 radical (unpaired) electrons. The van der Waals surface area contributed by atoms with Crippen molar-refractivity contribution < 1.29 is 23.1 Å². The SMILES string of the molecule is O=C(O)C(F)(F)F.c1ncc2cncc-2[nH]1. The summed E-state index contributed by atoms with van der Waals surface area (Å²) in [5, 5.41) is 7.12. The van der Waals surface area contributed by atoms with Crippen molar-refractivity contribution in [1.29, 1.82) is 0 Å². The molecule has 2 aliphatic heterocycles. The summed E-state index contributed by atoms with van der Waals surface area (Å²) in [5.41, 5.74) is 2.09. The largest absolute Gasteiger partial charge is 0.490 e. The van der Waals surface area contributed by atoms with Crippen LogP contribution in [0.3, 0.4) is 0 Å². The van der Waals surface area contributed by atoms with E-state index >= 15 is 0 Å². The molecule has 2 heterocycles. The van der Waals surface area contributed by atoms with Crippen molar-refractivity contribution >= 4 is 5.97 Å². The van der Waals surface area contributed by atoms with Gasteiger partial charge in [0.1, 0.15) is 0 Å². The summed E-state index contributed by atoms with van der Waals surface area (Å²) in [6.07, 6.45) is 1.89. The highest BCUT2D eigenvalue weighted by Gasteiger charge is 2.38. The van der Waals surface area contributed by atoms with E-state index < -0.39 is 12.1 Å². The van der Waals surface area contributed by atoms with Gasteiger partial charge in [-0.15, -0.1) is 0 Å². The molecule has 5 nitrogen and oxygen atoms in total. The summed E-state index contributed by atoms with van der Waals surface area (Å²) in [6, 6.07) is 0.